The third-order valence-electron chi connectivity index (χ3n) is 5.12. The number of nitro benzene ring substituents is 1. The predicted octanol–water partition coefficient (Wildman–Crippen LogP) is 3.84. The molecule has 3 aromatic carbocycles. The summed E-state index contributed by atoms with van der Waals surface area (Å²) in [5.41, 5.74) is 1.67. The lowest BCUT2D eigenvalue weighted by molar-refractivity contribution is -0.385. The minimum atomic E-state index is -0.610. The van der Waals surface area contributed by atoms with Gasteiger partial charge in [0.15, 0.2) is 5.75 Å². The van der Waals surface area contributed by atoms with E-state index in [-0.39, 0.29) is 42.0 Å². The molecular weight excluding hydrogens is 440 g/mol. The van der Waals surface area contributed by atoms with Crippen molar-refractivity contribution in [3.05, 3.63) is 88.0 Å². The van der Waals surface area contributed by atoms with Crippen LogP contribution < -0.4 is 20.3 Å². The molecule has 0 atom stereocenters. The number of fused-ring (bicyclic) bond motifs is 1. The van der Waals surface area contributed by atoms with E-state index < -0.39 is 10.8 Å². The van der Waals surface area contributed by atoms with Gasteiger partial charge in [-0.2, -0.15) is 0 Å². The largest absolute Gasteiger partial charge is 0.487 e. The molecule has 0 spiro atoms. The number of carbonyl (C=O) groups excluding carboxylic acids is 3. The molecule has 172 valence electrons. The first-order valence-corrected chi connectivity index (χ1v) is 10.4. The Balaban J connectivity index is 1.50. The lowest BCUT2D eigenvalue weighted by atomic mass is 10.1. The zero-order valence-electron chi connectivity index (χ0n) is 18.1. The van der Waals surface area contributed by atoms with Crippen LogP contribution >= 0.6 is 0 Å². The van der Waals surface area contributed by atoms with Gasteiger partial charge in [-0.3, -0.25) is 29.4 Å². The number of hydrogen-bond donors (Lipinski definition) is 2. The summed E-state index contributed by atoms with van der Waals surface area (Å²) in [6, 6.07) is 17.1. The lowest BCUT2D eigenvalue weighted by Gasteiger charge is -2.29. The predicted molar refractivity (Wildman–Crippen MR) is 125 cm³/mol. The van der Waals surface area contributed by atoms with Crippen molar-refractivity contribution in [1.82, 2.24) is 0 Å². The van der Waals surface area contributed by atoms with Crippen molar-refractivity contribution < 1.29 is 24.0 Å². The number of nitrogens with zero attached hydrogens (tertiary/aromatic N) is 2. The number of nitro groups is 1. The molecule has 4 rings (SSSR count). The van der Waals surface area contributed by atoms with Crippen LogP contribution in [0.2, 0.25) is 0 Å². The van der Waals surface area contributed by atoms with Crippen molar-refractivity contribution in [2.24, 2.45) is 0 Å². The summed E-state index contributed by atoms with van der Waals surface area (Å²) in [4.78, 5) is 49.7. The first kappa shape index (κ1) is 22.5. The van der Waals surface area contributed by atoms with Crippen LogP contribution in [-0.2, 0) is 4.79 Å². The maximum atomic E-state index is 13.0. The second kappa shape index (κ2) is 9.41. The number of para-hydroxylation sites is 2. The van der Waals surface area contributed by atoms with E-state index in [4.69, 9.17) is 4.74 Å². The van der Waals surface area contributed by atoms with Crippen molar-refractivity contribution in [3.8, 4) is 5.75 Å². The van der Waals surface area contributed by atoms with Gasteiger partial charge in [0.2, 0.25) is 5.91 Å². The summed E-state index contributed by atoms with van der Waals surface area (Å²) in [7, 11) is 0. The molecule has 0 saturated heterocycles. The molecule has 10 heteroatoms. The fourth-order valence-electron chi connectivity index (χ4n) is 3.55. The average molecular weight is 460 g/mol. The van der Waals surface area contributed by atoms with Crippen LogP contribution in [0.1, 0.15) is 27.6 Å². The van der Waals surface area contributed by atoms with Gasteiger partial charge >= 0.3 is 5.69 Å². The second-order valence-corrected chi connectivity index (χ2v) is 7.36. The smallest absolute Gasteiger partial charge is 0.311 e. The molecule has 34 heavy (non-hydrogen) atoms. The number of carbonyl (C=O) groups is 3. The molecule has 0 aromatic heterocycles. The first-order valence-electron chi connectivity index (χ1n) is 10.4. The van der Waals surface area contributed by atoms with Gasteiger partial charge in [0.05, 0.1) is 22.9 Å². The van der Waals surface area contributed by atoms with E-state index >= 15 is 0 Å². The van der Waals surface area contributed by atoms with E-state index in [0.29, 0.717) is 22.6 Å². The number of ether oxygens (including phenoxy) is 1. The topological polar surface area (TPSA) is 131 Å². The average Bonchev–Trinajstić information content (AvgIpc) is 2.83. The van der Waals surface area contributed by atoms with E-state index in [0.717, 1.165) is 6.07 Å². The Morgan fingerprint density at radius 1 is 1.09 bits per heavy atom. The van der Waals surface area contributed by atoms with E-state index in [1.807, 2.05) is 0 Å². The normalized spacial score (nSPS) is 12.4. The number of amides is 3. The molecule has 0 saturated carbocycles. The SMILES string of the molecule is CCOc1ccc(C(=O)Nc2ccc(C(=O)N3CC(=O)Nc4ccccc43)cc2)cc1[N+](=O)[O-]. The zero-order valence-corrected chi connectivity index (χ0v) is 18.1. The maximum absolute atomic E-state index is 13.0. The highest BCUT2D eigenvalue weighted by Crippen LogP contribution is 2.31. The minimum absolute atomic E-state index is 0.0832. The maximum Gasteiger partial charge on any atom is 0.311 e. The summed E-state index contributed by atoms with van der Waals surface area (Å²) < 4.78 is 5.23. The summed E-state index contributed by atoms with van der Waals surface area (Å²) in [6.07, 6.45) is 0. The van der Waals surface area contributed by atoms with Crippen LogP contribution in [0, 0.1) is 10.1 Å². The van der Waals surface area contributed by atoms with Crippen LogP contribution in [0.15, 0.2) is 66.7 Å². The molecule has 1 aliphatic heterocycles. The van der Waals surface area contributed by atoms with E-state index in [9.17, 15) is 24.5 Å². The third-order valence-corrected chi connectivity index (χ3v) is 5.12. The number of anilines is 3. The standard InChI is InChI=1S/C24H20N4O6/c1-2-34-21-12-9-16(13-20(21)28(32)33)23(30)25-17-10-7-15(8-11-17)24(31)27-14-22(29)26-18-5-3-4-6-19(18)27/h3-13H,2,14H2,1H3,(H,25,30)(H,26,29). The van der Waals surface area contributed by atoms with Crippen molar-refractivity contribution >= 4 is 40.5 Å². The molecule has 0 bridgehead atoms. The molecule has 0 radical (unpaired) electrons. The second-order valence-electron chi connectivity index (χ2n) is 7.36. The van der Waals surface area contributed by atoms with Crippen molar-refractivity contribution in [3.63, 3.8) is 0 Å². The highest BCUT2D eigenvalue weighted by atomic mass is 16.6. The van der Waals surface area contributed by atoms with Crippen LogP contribution in [0.4, 0.5) is 22.7 Å². The highest BCUT2D eigenvalue weighted by Gasteiger charge is 2.27. The van der Waals surface area contributed by atoms with Crippen LogP contribution in [0.5, 0.6) is 5.75 Å². The van der Waals surface area contributed by atoms with Gasteiger partial charge in [-0.1, -0.05) is 12.1 Å². The van der Waals surface area contributed by atoms with Gasteiger partial charge < -0.3 is 15.4 Å². The molecule has 3 aromatic rings. The Morgan fingerprint density at radius 3 is 2.50 bits per heavy atom. The zero-order chi connectivity index (χ0) is 24.2. The van der Waals surface area contributed by atoms with E-state index in [2.05, 4.69) is 10.6 Å². The first-order chi connectivity index (χ1) is 16.4. The molecule has 1 heterocycles. The number of nitrogens with one attached hydrogen (secondary N) is 2. The minimum Gasteiger partial charge on any atom is -0.487 e. The Kier molecular flexibility index (Phi) is 6.22. The number of rotatable bonds is 6. The fraction of sp³-hybridized carbons (Fsp3) is 0.125. The summed E-state index contributed by atoms with van der Waals surface area (Å²) in [6.45, 7) is 1.85. The van der Waals surface area contributed by atoms with Crippen molar-refractivity contribution in [2.45, 2.75) is 6.92 Å². The van der Waals surface area contributed by atoms with Gasteiger partial charge in [-0.15, -0.1) is 0 Å². The lowest BCUT2D eigenvalue weighted by Crippen LogP contribution is -2.42. The van der Waals surface area contributed by atoms with Crippen LogP contribution in [-0.4, -0.2) is 35.8 Å². The Hall–Kier alpha value is -4.73. The molecule has 0 unspecified atom stereocenters. The Morgan fingerprint density at radius 2 is 1.79 bits per heavy atom. The van der Waals surface area contributed by atoms with Crippen molar-refractivity contribution in [1.29, 1.82) is 0 Å². The molecular formula is C24H20N4O6. The third kappa shape index (κ3) is 4.56. The summed E-state index contributed by atoms with van der Waals surface area (Å²) >= 11 is 0. The van der Waals surface area contributed by atoms with Gasteiger partial charge in [-0.25, -0.2) is 0 Å². The van der Waals surface area contributed by atoms with Crippen LogP contribution in [0.25, 0.3) is 0 Å². The molecule has 0 aliphatic carbocycles. The Labute approximate surface area is 194 Å². The molecule has 3 amide bonds. The Bertz CT molecular complexity index is 1290. The van der Waals surface area contributed by atoms with E-state index in [1.165, 1.54) is 29.2 Å². The number of benzene rings is 3. The number of hydrogen-bond acceptors (Lipinski definition) is 6. The monoisotopic (exact) mass is 460 g/mol. The van der Waals surface area contributed by atoms with Crippen molar-refractivity contribution in [2.75, 3.05) is 28.7 Å². The fourth-order valence-corrected chi connectivity index (χ4v) is 3.55. The molecule has 10 nitrogen and oxygen atoms in total. The molecule has 1 aliphatic rings. The van der Waals surface area contributed by atoms with Gasteiger partial charge in [0.25, 0.3) is 11.8 Å². The van der Waals surface area contributed by atoms with Gasteiger partial charge in [0, 0.05) is 22.9 Å². The molecule has 2 N–H and O–H groups in total. The highest BCUT2D eigenvalue weighted by molar-refractivity contribution is 6.15. The van der Waals surface area contributed by atoms with Gasteiger partial charge in [0.1, 0.15) is 6.54 Å². The van der Waals surface area contributed by atoms with E-state index in [1.54, 1.807) is 43.3 Å². The quantitative estimate of drug-likeness (QED) is 0.424. The van der Waals surface area contributed by atoms with Gasteiger partial charge in [-0.05, 0) is 55.5 Å². The van der Waals surface area contributed by atoms with Crippen LogP contribution in [0.3, 0.4) is 0 Å². The molecule has 0 fully saturated rings. The summed E-state index contributed by atoms with van der Waals surface area (Å²) in [5.74, 6) is -1.12. The summed E-state index contributed by atoms with van der Waals surface area (Å²) in [5, 5.41) is 16.7.